The van der Waals surface area contributed by atoms with Crippen molar-refractivity contribution < 1.29 is 17.6 Å². The van der Waals surface area contributed by atoms with Gasteiger partial charge in [0, 0.05) is 13.1 Å². The normalized spacial score (nSPS) is 12.2. The van der Waals surface area contributed by atoms with Gasteiger partial charge in [-0.25, -0.2) is 4.39 Å². The molecule has 1 rings (SSSR count). The lowest BCUT2D eigenvalue weighted by Gasteiger charge is -2.20. The summed E-state index contributed by atoms with van der Waals surface area (Å²) in [6.07, 6.45) is -4.26. The Labute approximate surface area is 97.0 Å². The largest absolute Gasteiger partial charge is 0.401 e. The van der Waals surface area contributed by atoms with E-state index in [-0.39, 0.29) is 13.1 Å². The smallest absolute Gasteiger partial charge is 0.326 e. The molecule has 6 heteroatoms. The molecule has 1 aromatic carbocycles. The van der Waals surface area contributed by atoms with E-state index in [1.165, 1.54) is 25.2 Å². The fourth-order valence-electron chi connectivity index (χ4n) is 1.59. The first-order valence-electron chi connectivity index (χ1n) is 5.04. The third kappa shape index (κ3) is 4.70. The maximum atomic E-state index is 13.0. The minimum Gasteiger partial charge on any atom is -0.326 e. The molecule has 0 unspecified atom stereocenters. The van der Waals surface area contributed by atoms with E-state index < -0.39 is 18.5 Å². The standard InChI is InChI=1S/C11H14F4N2/c1-17(7-11(13,14)15)6-9-4-10(12)3-2-8(9)5-16/h2-4H,5-7,16H2,1H3. The molecule has 0 fully saturated rings. The molecule has 0 radical (unpaired) electrons. The summed E-state index contributed by atoms with van der Waals surface area (Å²) in [5, 5.41) is 0. The predicted octanol–water partition coefficient (Wildman–Crippen LogP) is 2.28. The van der Waals surface area contributed by atoms with Crippen molar-refractivity contribution in [2.24, 2.45) is 5.73 Å². The molecule has 96 valence electrons. The maximum absolute atomic E-state index is 13.0. The number of alkyl halides is 3. The second kappa shape index (κ2) is 5.46. The van der Waals surface area contributed by atoms with Gasteiger partial charge in [-0.2, -0.15) is 13.2 Å². The van der Waals surface area contributed by atoms with E-state index in [9.17, 15) is 17.6 Å². The van der Waals surface area contributed by atoms with Gasteiger partial charge >= 0.3 is 6.18 Å². The van der Waals surface area contributed by atoms with Crippen LogP contribution in [0.4, 0.5) is 17.6 Å². The second-order valence-electron chi connectivity index (χ2n) is 3.90. The van der Waals surface area contributed by atoms with E-state index in [2.05, 4.69) is 0 Å². The van der Waals surface area contributed by atoms with Gasteiger partial charge in [0.15, 0.2) is 0 Å². The van der Waals surface area contributed by atoms with Gasteiger partial charge in [-0.15, -0.1) is 0 Å². The highest BCUT2D eigenvalue weighted by molar-refractivity contribution is 5.27. The van der Waals surface area contributed by atoms with Crippen molar-refractivity contribution in [2.75, 3.05) is 13.6 Å². The summed E-state index contributed by atoms with van der Waals surface area (Å²) in [7, 11) is 1.33. The Hall–Kier alpha value is -1.14. The maximum Gasteiger partial charge on any atom is 0.401 e. The molecule has 0 saturated carbocycles. The van der Waals surface area contributed by atoms with E-state index in [4.69, 9.17) is 5.73 Å². The summed E-state index contributed by atoms with van der Waals surface area (Å²) < 4.78 is 49.4. The lowest BCUT2D eigenvalue weighted by Crippen LogP contribution is -2.31. The highest BCUT2D eigenvalue weighted by Gasteiger charge is 2.29. The quantitative estimate of drug-likeness (QED) is 0.831. The molecule has 0 atom stereocenters. The molecule has 2 nitrogen and oxygen atoms in total. The summed E-state index contributed by atoms with van der Waals surface area (Å²) in [6.45, 7) is -0.840. The zero-order valence-corrected chi connectivity index (χ0v) is 9.39. The lowest BCUT2D eigenvalue weighted by atomic mass is 10.1. The number of nitrogens with two attached hydrogens (primary N) is 1. The molecule has 0 aliphatic heterocycles. The number of hydrogen-bond donors (Lipinski definition) is 1. The van der Waals surface area contributed by atoms with Gasteiger partial charge in [0.05, 0.1) is 6.54 Å². The number of benzene rings is 1. The van der Waals surface area contributed by atoms with Crippen LogP contribution in [0.3, 0.4) is 0 Å². The number of halogens is 4. The highest BCUT2D eigenvalue weighted by Crippen LogP contribution is 2.18. The van der Waals surface area contributed by atoms with Crippen molar-refractivity contribution >= 4 is 0 Å². The molecule has 0 spiro atoms. The highest BCUT2D eigenvalue weighted by atomic mass is 19.4. The predicted molar refractivity (Wildman–Crippen MR) is 56.7 cm³/mol. The molecule has 2 N–H and O–H groups in total. The zero-order valence-electron chi connectivity index (χ0n) is 9.39. The Bertz CT molecular complexity index is 376. The van der Waals surface area contributed by atoms with Crippen molar-refractivity contribution in [3.05, 3.63) is 35.1 Å². The Morgan fingerprint density at radius 2 is 1.88 bits per heavy atom. The summed E-state index contributed by atoms with van der Waals surface area (Å²) in [4.78, 5) is 1.08. The summed E-state index contributed by atoms with van der Waals surface area (Å²) in [5.41, 5.74) is 6.58. The molecule has 1 aromatic rings. The first kappa shape index (κ1) is 13.9. The van der Waals surface area contributed by atoms with Crippen LogP contribution < -0.4 is 5.73 Å². The Morgan fingerprint density at radius 1 is 1.24 bits per heavy atom. The van der Waals surface area contributed by atoms with Crippen LogP contribution in [0.1, 0.15) is 11.1 Å². The fourth-order valence-corrected chi connectivity index (χ4v) is 1.59. The average molecular weight is 250 g/mol. The zero-order chi connectivity index (χ0) is 13.1. The van der Waals surface area contributed by atoms with E-state index in [1.807, 2.05) is 0 Å². The molecule has 0 heterocycles. The summed E-state index contributed by atoms with van der Waals surface area (Å²) >= 11 is 0. The van der Waals surface area contributed by atoms with Gasteiger partial charge in [0.2, 0.25) is 0 Å². The second-order valence-corrected chi connectivity index (χ2v) is 3.90. The monoisotopic (exact) mass is 250 g/mol. The van der Waals surface area contributed by atoms with E-state index in [1.54, 1.807) is 0 Å². The molecule has 0 bridgehead atoms. The van der Waals surface area contributed by atoms with E-state index in [0.717, 1.165) is 4.90 Å². The van der Waals surface area contributed by atoms with Crippen LogP contribution in [0, 0.1) is 5.82 Å². The van der Waals surface area contributed by atoms with Gasteiger partial charge in [0.25, 0.3) is 0 Å². The van der Waals surface area contributed by atoms with Gasteiger partial charge in [-0.1, -0.05) is 6.07 Å². The third-order valence-electron chi connectivity index (χ3n) is 2.28. The minimum atomic E-state index is -4.26. The molecule has 0 saturated heterocycles. The first-order valence-corrected chi connectivity index (χ1v) is 5.04. The minimum absolute atomic E-state index is 0.0177. The van der Waals surface area contributed by atoms with Crippen LogP contribution in [-0.4, -0.2) is 24.7 Å². The van der Waals surface area contributed by atoms with E-state index in [0.29, 0.717) is 11.1 Å². The number of hydrogen-bond acceptors (Lipinski definition) is 2. The number of nitrogens with zero attached hydrogens (tertiary/aromatic N) is 1. The van der Waals surface area contributed by atoms with Crippen LogP contribution in [0.2, 0.25) is 0 Å². The molecule has 0 aliphatic rings. The number of rotatable bonds is 4. The van der Waals surface area contributed by atoms with Crippen LogP contribution >= 0.6 is 0 Å². The topological polar surface area (TPSA) is 29.3 Å². The average Bonchev–Trinajstić information content (AvgIpc) is 2.14. The third-order valence-corrected chi connectivity index (χ3v) is 2.28. The van der Waals surface area contributed by atoms with Gasteiger partial charge in [-0.3, -0.25) is 4.90 Å². The molecular weight excluding hydrogens is 236 g/mol. The van der Waals surface area contributed by atoms with Crippen LogP contribution in [0.25, 0.3) is 0 Å². The summed E-state index contributed by atoms with van der Waals surface area (Å²) in [6, 6.07) is 3.95. The van der Waals surface area contributed by atoms with Crippen molar-refractivity contribution in [1.29, 1.82) is 0 Å². The Kier molecular flexibility index (Phi) is 4.47. The van der Waals surface area contributed by atoms with Crippen molar-refractivity contribution in [3.8, 4) is 0 Å². The van der Waals surface area contributed by atoms with E-state index >= 15 is 0 Å². The van der Waals surface area contributed by atoms with Gasteiger partial charge < -0.3 is 5.73 Å². The Morgan fingerprint density at radius 3 is 2.41 bits per heavy atom. The van der Waals surface area contributed by atoms with Crippen LogP contribution in [-0.2, 0) is 13.1 Å². The van der Waals surface area contributed by atoms with Gasteiger partial charge in [-0.05, 0) is 30.3 Å². The van der Waals surface area contributed by atoms with Crippen molar-refractivity contribution in [2.45, 2.75) is 19.3 Å². The van der Waals surface area contributed by atoms with Crippen LogP contribution in [0.15, 0.2) is 18.2 Å². The van der Waals surface area contributed by atoms with Crippen molar-refractivity contribution in [1.82, 2.24) is 4.90 Å². The molecular formula is C11H14F4N2. The molecule has 0 amide bonds. The molecule has 0 aliphatic carbocycles. The lowest BCUT2D eigenvalue weighted by molar-refractivity contribution is -0.144. The van der Waals surface area contributed by atoms with Gasteiger partial charge in [0.1, 0.15) is 5.82 Å². The molecule has 0 aromatic heterocycles. The fraction of sp³-hybridized carbons (Fsp3) is 0.455. The Balaban J connectivity index is 2.76. The molecule has 17 heavy (non-hydrogen) atoms. The summed E-state index contributed by atoms with van der Waals surface area (Å²) in [5.74, 6) is -0.474. The SMILES string of the molecule is CN(Cc1cc(F)ccc1CN)CC(F)(F)F. The first-order chi connectivity index (χ1) is 7.81. The van der Waals surface area contributed by atoms with Crippen LogP contribution in [0.5, 0.6) is 0 Å². The van der Waals surface area contributed by atoms with Crippen molar-refractivity contribution in [3.63, 3.8) is 0 Å².